The van der Waals surface area contributed by atoms with Crippen LogP contribution < -0.4 is 0 Å². The van der Waals surface area contributed by atoms with Gasteiger partial charge in [-0.1, -0.05) is 13.8 Å². The maximum atomic E-state index is 12.5. The van der Waals surface area contributed by atoms with Crippen molar-refractivity contribution in [2.45, 2.75) is 38.5 Å². The largest absolute Gasteiger partial charge is 0.475 e. The summed E-state index contributed by atoms with van der Waals surface area (Å²) in [4.78, 5) is 29.9. The molecule has 0 spiro atoms. The lowest BCUT2D eigenvalue weighted by molar-refractivity contribution is 0.0636. The zero-order chi connectivity index (χ0) is 17.3. The van der Waals surface area contributed by atoms with Gasteiger partial charge in [0.25, 0.3) is 5.91 Å². The number of aromatic nitrogens is 1. The maximum Gasteiger partial charge on any atom is 0.371 e. The van der Waals surface area contributed by atoms with E-state index in [2.05, 4.69) is 19.2 Å². The van der Waals surface area contributed by atoms with Gasteiger partial charge in [0, 0.05) is 24.4 Å². The zero-order valence-electron chi connectivity index (χ0n) is 13.7. The van der Waals surface area contributed by atoms with E-state index in [4.69, 9.17) is 14.5 Å². The van der Waals surface area contributed by atoms with E-state index in [0.29, 0.717) is 19.0 Å². The minimum atomic E-state index is -1.17. The normalized spacial score (nSPS) is 18.1. The predicted molar refractivity (Wildman–Crippen MR) is 89.7 cm³/mol. The van der Waals surface area contributed by atoms with Crippen LogP contribution in [-0.2, 0) is 0 Å². The van der Waals surface area contributed by atoms with Crippen molar-refractivity contribution < 1.29 is 19.1 Å². The third kappa shape index (κ3) is 3.36. The van der Waals surface area contributed by atoms with Crippen LogP contribution in [0.1, 0.15) is 70.3 Å². The summed E-state index contributed by atoms with van der Waals surface area (Å²) in [5.74, 6) is -0.936. The molecule has 0 aliphatic carbocycles. The van der Waals surface area contributed by atoms with Gasteiger partial charge < -0.3 is 14.4 Å². The third-order valence-corrected chi connectivity index (χ3v) is 5.24. The molecule has 0 aromatic carbocycles. The van der Waals surface area contributed by atoms with Crippen LogP contribution >= 0.6 is 11.3 Å². The van der Waals surface area contributed by atoms with Crippen LogP contribution in [0.25, 0.3) is 0 Å². The van der Waals surface area contributed by atoms with Gasteiger partial charge in [-0.3, -0.25) is 4.79 Å². The van der Waals surface area contributed by atoms with Gasteiger partial charge in [-0.15, -0.1) is 11.3 Å². The molecule has 128 valence electrons. The molecule has 0 saturated carbocycles. The van der Waals surface area contributed by atoms with Crippen molar-refractivity contribution in [2.24, 2.45) is 0 Å². The number of piperidine rings is 1. The number of thiazole rings is 1. The average Bonchev–Trinajstić information content (AvgIpc) is 3.24. The number of aromatic carboxylic acids is 1. The number of likely N-dealkylation sites (tertiary alicyclic amines) is 1. The fourth-order valence-electron chi connectivity index (χ4n) is 2.84. The summed E-state index contributed by atoms with van der Waals surface area (Å²) in [5.41, 5.74) is 1.09. The number of carboxylic acids is 1. The van der Waals surface area contributed by atoms with E-state index in [-0.39, 0.29) is 23.3 Å². The number of hydrogen-bond donors (Lipinski definition) is 1. The van der Waals surface area contributed by atoms with Gasteiger partial charge in [0.15, 0.2) is 5.76 Å². The van der Waals surface area contributed by atoms with Gasteiger partial charge in [0.2, 0.25) is 5.76 Å². The minimum absolute atomic E-state index is 0.0788. The molecular weight excluding hydrogens is 328 g/mol. The van der Waals surface area contributed by atoms with E-state index in [1.54, 1.807) is 16.2 Å². The first kappa shape index (κ1) is 16.7. The first-order valence-corrected chi connectivity index (χ1v) is 8.91. The van der Waals surface area contributed by atoms with E-state index in [1.165, 1.54) is 12.1 Å². The third-order valence-electron chi connectivity index (χ3n) is 4.22. The van der Waals surface area contributed by atoms with E-state index >= 15 is 0 Å². The van der Waals surface area contributed by atoms with Crippen LogP contribution in [0, 0.1) is 0 Å². The van der Waals surface area contributed by atoms with Gasteiger partial charge in [0.1, 0.15) is 0 Å². The van der Waals surface area contributed by atoms with Crippen molar-refractivity contribution in [1.29, 1.82) is 0 Å². The Morgan fingerprint density at radius 2 is 2.12 bits per heavy atom. The number of rotatable bonds is 4. The number of hydrogen-bond acceptors (Lipinski definition) is 5. The zero-order valence-corrected chi connectivity index (χ0v) is 14.5. The van der Waals surface area contributed by atoms with E-state index in [0.717, 1.165) is 23.5 Å². The van der Waals surface area contributed by atoms with Crippen molar-refractivity contribution in [3.8, 4) is 0 Å². The Labute approximate surface area is 144 Å². The number of carbonyl (C=O) groups excluding carboxylic acids is 1. The number of furan rings is 1. The molecule has 0 bridgehead atoms. The number of nitrogens with zero attached hydrogens (tertiary/aromatic N) is 2. The Morgan fingerprint density at radius 3 is 2.75 bits per heavy atom. The summed E-state index contributed by atoms with van der Waals surface area (Å²) in [6.07, 6.45) is 1.91. The summed E-state index contributed by atoms with van der Waals surface area (Å²) < 4.78 is 5.13. The fraction of sp³-hybridized carbons (Fsp3) is 0.471. The van der Waals surface area contributed by atoms with Gasteiger partial charge in [-0.05, 0) is 30.9 Å². The number of amides is 1. The lowest BCUT2D eigenvalue weighted by atomic mass is 9.98. The molecule has 1 unspecified atom stereocenters. The molecule has 2 aromatic heterocycles. The summed E-state index contributed by atoms with van der Waals surface area (Å²) in [7, 11) is 0. The molecule has 1 N–H and O–H groups in total. The highest BCUT2D eigenvalue weighted by Gasteiger charge is 2.29. The highest BCUT2D eigenvalue weighted by atomic mass is 32.1. The first-order valence-electron chi connectivity index (χ1n) is 8.03. The van der Waals surface area contributed by atoms with E-state index in [1.807, 2.05) is 0 Å². The van der Waals surface area contributed by atoms with Crippen molar-refractivity contribution in [2.75, 3.05) is 13.1 Å². The van der Waals surface area contributed by atoms with E-state index < -0.39 is 5.97 Å². The molecule has 6 nitrogen and oxygen atoms in total. The smallest absolute Gasteiger partial charge is 0.371 e. The quantitative estimate of drug-likeness (QED) is 0.913. The molecule has 2 aromatic rings. The molecule has 7 heteroatoms. The Morgan fingerprint density at radius 1 is 1.38 bits per heavy atom. The van der Waals surface area contributed by atoms with Crippen molar-refractivity contribution in [3.05, 3.63) is 39.7 Å². The molecule has 24 heavy (non-hydrogen) atoms. The second-order valence-corrected chi connectivity index (χ2v) is 7.21. The summed E-state index contributed by atoms with van der Waals surface area (Å²) >= 11 is 1.65. The van der Waals surface area contributed by atoms with Crippen LogP contribution in [0.2, 0.25) is 0 Å². The molecule has 1 saturated heterocycles. The van der Waals surface area contributed by atoms with Gasteiger partial charge in [-0.2, -0.15) is 0 Å². The van der Waals surface area contributed by atoms with Gasteiger partial charge in [0.05, 0.1) is 10.7 Å². The molecule has 1 atom stereocenters. The monoisotopic (exact) mass is 348 g/mol. The van der Waals surface area contributed by atoms with Gasteiger partial charge in [-0.25, -0.2) is 9.78 Å². The average molecular weight is 348 g/mol. The Kier molecular flexibility index (Phi) is 4.71. The predicted octanol–water partition coefficient (Wildman–Crippen LogP) is 3.58. The molecule has 1 aliphatic heterocycles. The summed E-state index contributed by atoms with van der Waals surface area (Å²) in [5, 5.41) is 12.1. The Bertz CT molecular complexity index is 749. The second kappa shape index (κ2) is 6.76. The number of carboxylic acid groups (broad SMARTS) is 1. The van der Waals surface area contributed by atoms with Crippen LogP contribution in [-0.4, -0.2) is 40.0 Å². The molecule has 3 rings (SSSR count). The molecule has 0 radical (unpaired) electrons. The topological polar surface area (TPSA) is 83.6 Å². The minimum Gasteiger partial charge on any atom is -0.475 e. The van der Waals surface area contributed by atoms with Crippen LogP contribution in [0.5, 0.6) is 0 Å². The van der Waals surface area contributed by atoms with Crippen LogP contribution in [0.4, 0.5) is 0 Å². The number of carbonyl (C=O) groups is 2. The molecule has 1 amide bonds. The highest BCUT2D eigenvalue weighted by Crippen LogP contribution is 2.31. The molecule has 1 fully saturated rings. The van der Waals surface area contributed by atoms with Crippen LogP contribution in [0.3, 0.4) is 0 Å². The fourth-order valence-corrected chi connectivity index (χ4v) is 3.95. The maximum absolute atomic E-state index is 12.5. The Hall–Kier alpha value is -2.15. The van der Waals surface area contributed by atoms with Gasteiger partial charge >= 0.3 is 5.97 Å². The second-order valence-electron chi connectivity index (χ2n) is 6.32. The first-order chi connectivity index (χ1) is 11.5. The molecule has 3 heterocycles. The van der Waals surface area contributed by atoms with E-state index in [9.17, 15) is 9.59 Å². The van der Waals surface area contributed by atoms with Crippen LogP contribution in [0.15, 0.2) is 21.9 Å². The summed E-state index contributed by atoms with van der Waals surface area (Å²) in [6, 6.07) is 2.74. The SMILES string of the molecule is CC(C)c1csc(C2CCCN(C(=O)c3ccc(C(=O)O)o3)C2)n1. The lowest BCUT2D eigenvalue weighted by Crippen LogP contribution is -2.39. The Balaban J connectivity index is 1.72. The standard InChI is InChI=1S/C17H20N2O4S/c1-10(2)12-9-24-15(18-12)11-4-3-7-19(8-11)16(20)13-5-6-14(23-13)17(21)22/h5-6,9-11H,3-4,7-8H2,1-2H3,(H,21,22). The lowest BCUT2D eigenvalue weighted by Gasteiger charge is -2.31. The molecule has 1 aliphatic rings. The van der Waals surface area contributed by atoms with Crippen molar-refractivity contribution in [3.63, 3.8) is 0 Å². The summed E-state index contributed by atoms with van der Waals surface area (Å²) in [6.45, 7) is 5.48. The van der Waals surface area contributed by atoms with Crippen molar-refractivity contribution in [1.82, 2.24) is 9.88 Å². The molecular formula is C17H20N2O4S. The highest BCUT2D eigenvalue weighted by molar-refractivity contribution is 7.09. The van der Waals surface area contributed by atoms with Crippen molar-refractivity contribution >= 4 is 23.2 Å².